The van der Waals surface area contributed by atoms with Gasteiger partial charge in [0.2, 0.25) is 10.0 Å². The van der Waals surface area contributed by atoms with Gasteiger partial charge in [0.1, 0.15) is 0 Å². The lowest BCUT2D eigenvalue weighted by molar-refractivity contribution is -0.255. The van der Waals surface area contributed by atoms with Gasteiger partial charge in [0, 0.05) is 17.6 Å². The predicted octanol–water partition coefficient (Wildman–Crippen LogP) is 1.23. The molecule has 0 atom stereocenters. The van der Waals surface area contributed by atoms with Crippen molar-refractivity contribution in [2.75, 3.05) is 13.1 Å². The van der Waals surface area contributed by atoms with Gasteiger partial charge >= 0.3 is 0 Å². The highest BCUT2D eigenvalue weighted by Crippen LogP contribution is 2.29. The number of hydrogen-bond acceptors (Lipinski definition) is 4. The minimum absolute atomic E-state index is 0.0197. The SMILES string of the molecule is CC1CCN(S(=O)(=O)c2cc(C(=O)[O-])ccc2Br)CC1. The number of aromatic carboxylic acids is 1. The molecule has 0 amide bonds. The summed E-state index contributed by atoms with van der Waals surface area (Å²) in [5.74, 6) is -0.874. The Bertz CT molecular complexity index is 621. The Kier molecular flexibility index (Phi) is 4.51. The van der Waals surface area contributed by atoms with Gasteiger partial charge in [-0.05, 0) is 52.4 Å². The zero-order chi connectivity index (χ0) is 14.9. The summed E-state index contributed by atoms with van der Waals surface area (Å²) < 4.78 is 26.9. The van der Waals surface area contributed by atoms with Crippen molar-refractivity contribution in [1.29, 1.82) is 0 Å². The molecule has 110 valence electrons. The van der Waals surface area contributed by atoms with Crippen LogP contribution in [0.2, 0.25) is 0 Å². The fourth-order valence-electron chi connectivity index (χ4n) is 2.19. The lowest BCUT2D eigenvalue weighted by atomic mass is 10.0. The highest BCUT2D eigenvalue weighted by atomic mass is 79.9. The second-order valence-electron chi connectivity index (χ2n) is 5.02. The maximum absolute atomic E-state index is 12.6. The van der Waals surface area contributed by atoms with Crippen molar-refractivity contribution in [2.45, 2.75) is 24.7 Å². The Labute approximate surface area is 126 Å². The van der Waals surface area contributed by atoms with Crippen molar-refractivity contribution in [3.8, 4) is 0 Å². The number of sulfonamides is 1. The molecule has 1 aromatic carbocycles. The second-order valence-corrected chi connectivity index (χ2v) is 7.78. The molecule has 1 fully saturated rings. The van der Waals surface area contributed by atoms with Gasteiger partial charge in [0.25, 0.3) is 0 Å². The molecular weight excluding hydrogens is 346 g/mol. The maximum Gasteiger partial charge on any atom is 0.244 e. The van der Waals surface area contributed by atoms with E-state index in [0.29, 0.717) is 23.5 Å². The van der Waals surface area contributed by atoms with Crippen LogP contribution in [0.25, 0.3) is 0 Å². The largest absolute Gasteiger partial charge is 0.545 e. The van der Waals surface area contributed by atoms with E-state index < -0.39 is 16.0 Å². The van der Waals surface area contributed by atoms with Crippen molar-refractivity contribution in [3.05, 3.63) is 28.2 Å². The average molecular weight is 361 g/mol. The number of carbonyl (C=O) groups excluding carboxylic acids is 1. The predicted molar refractivity (Wildman–Crippen MR) is 75.6 cm³/mol. The number of benzene rings is 1. The Hall–Kier alpha value is -0.920. The van der Waals surface area contributed by atoms with E-state index in [1.165, 1.54) is 16.4 Å². The van der Waals surface area contributed by atoms with Crippen LogP contribution >= 0.6 is 15.9 Å². The summed E-state index contributed by atoms with van der Waals surface area (Å²) in [5.41, 5.74) is -0.142. The third-order valence-electron chi connectivity index (χ3n) is 3.53. The highest BCUT2D eigenvalue weighted by molar-refractivity contribution is 9.10. The Balaban J connectivity index is 2.38. The summed E-state index contributed by atoms with van der Waals surface area (Å²) in [6, 6.07) is 3.88. The molecule has 1 heterocycles. The molecule has 0 bridgehead atoms. The molecule has 1 aromatic rings. The lowest BCUT2D eigenvalue weighted by Crippen LogP contribution is -2.38. The third-order valence-corrected chi connectivity index (χ3v) is 6.42. The van der Waals surface area contributed by atoms with E-state index in [1.807, 2.05) is 0 Å². The summed E-state index contributed by atoms with van der Waals surface area (Å²) in [5, 5.41) is 10.9. The van der Waals surface area contributed by atoms with Gasteiger partial charge < -0.3 is 9.90 Å². The van der Waals surface area contributed by atoms with Gasteiger partial charge in [-0.2, -0.15) is 4.31 Å². The first-order valence-corrected chi connectivity index (χ1v) is 8.56. The van der Waals surface area contributed by atoms with Crippen molar-refractivity contribution in [3.63, 3.8) is 0 Å². The molecule has 1 saturated heterocycles. The highest BCUT2D eigenvalue weighted by Gasteiger charge is 2.29. The van der Waals surface area contributed by atoms with Crippen LogP contribution < -0.4 is 5.11 Å². The van der Waals surface area contributed by atoms with E-state index in [9.17, 15) is 18.3 Å². The number of halogens is 1. The fourth-order valence-corrected chi connectivity index (χ4v) is 4.61. The molecule has 0 radical (unpaired) electrons. The fraction of sp³-hybridized carbons (Fsp3) is 0.462. The first kappa shape index (κ1) is 15.5. The molecular formula is C13H15BrNO4S-. The molecule has 0 saturated carbocycles. The van der Waals surface area contributed by atoms with E-state index in [-0.39, 0.29) is 10.5 Å². The van der Waals surface area contributed by atoms with E-state index in [4.69, 9.17) is 0 Å². The molecule has 0 spiro atoms. The molecule has 20 heavy (non-hydrogen) atoms. The summed E-state index contributed by atoms with van der Waals surface area (Å²) >= 11 is 3.17. The van der Waals surface area contributed by atoms with E-state index in [0.717, 1.165) is 18.9 Å². The molecule has 0 unspecified atom stereocenters. The summed E-state index contributed by atoms with van der Waals surface area (Å²) in [7, 11) is -3.68. The van der Waals surface area contributed by atoms with Crippen LogP contribution in [0, 0.1) is 5.92 Å². The number of carboxylic acid groups (broad SMARTS) is 1. The van der Waals surface area contributed by atoms with Gasteiger partial charge in [0.15, 0.2) is 0 Å². The summed E-state index contributed by atoms with van der Waals surface area (Å²) in [6.45, 7) is 3.02. The first-order chi connectivity index (χ1) is 9.32. The van der Waals surface area contributed by atoms with Crippen molar-refractivity contribution in [2.24, 2.45) is 5.92 Å². The summed E-state index contributed by atoms with van der Waals surface area (Å²) in [6.07, 6.45) is 1.63. The molecule has 5 nitrogen and oxygen atoms in total. The minimum Gasteiger partial charge on any atom is -0.545 e. The molecule has 1 aliphatic heterocycles. The zero-order valence-corrected chi connectivity index (χ0v) is 13.4. The topological polar surface area (TPSA) is 77.5 Å². The van der Waals surface area contributed by atoms with Crippen LogP contribution in [-0.2, 0) is 10.0 Å². The van der Waals surface area contributed by atoms with Crippen LogP contribution in [0.3, 0.4) is 0 Å². The van der Waals surface area contributed by atoms with Gasteiger partial charge in [-0.25, -0.2) is 8.42 Å². The van der Waals surface area contributed by atoms with Crippen LogP contribution in [0.5, 0.6) is 0 Å². The third kappa shape index (κ3) is 3.05. The normalized spacial score (nSPS) is 18.1. The number of carboxylic acids is 1. The molecule has 1 aliphatic rings. The monoisotopic (exact) mass is 360 g/mol. The van der Waals surface area contributed by atoms with E-state index in [2.05, 4.69) is 22.9 Å². The number of nitrogens with zero attached hydrogens (tertiary/aromatic N) is 1. The molecule has 7 heteroatoms. The van der Waals surface area contributed by atoms with Crippen LogP contribution in [0.1, 0.15) is 30.1 Å². The Morgan fingerprint density at radius 2 is 1.95 bits per heavy atom. The minimum atomic E-state index is -3.68. The van der Waals surface area contributed by atoms with Crippen LogP contribution in [-0.4, -0.2) is 31.8 Å². The average Bonchev–Trinajstić information content (AvgIpc) is 2.39. The van der Waals surface area contributed by atoms with Crippen molar-refractivity contribution < 1.29 is 18.3 Å². The number of carbonyl (C=O) groups is 1. The summed E-state index contributed by atoms with van der Waals surface area (Å²) in [4.78, 5) is 10.9. The zero-order valence-electron chi connectivity index (χ0n) is 11.0. The van der Waals surface area contributed by atoms with E-state index in [1.54, 1.807) is 0 Å². The lowest BCUT2D eigenvalue weighted by Gasteiger charge is -2.29. The smallest absolute Gasteiger partial charge is 0.244 e. The standard InChI is InChI=1S/C13H16BrNO4S/c1-9-4-6-15(7-5-9)20(18,19)12-8-10(13(16)17)2-3-11(12)14/h2-3,8-9H,4-7H2,1H3,(H,16,17)/p-1. The second kappa shape index (κ2) is 5.83. The quantitative estimate of drug-likeness (QED) is 0.812. The van der Waals surface area contributed by atoms with Crippen LogP contribution in [0.4, 0.5) is 0 Å². The van der Waals surface area contributed by atoms with Crippen molar-refractivity contribution >= 4 is 31.9 Å². The molecule has 0 N–H and O–H groups in total. The molecule has 2 rings (SSSR count). The van der Waals surface area contributed by atoms with Gasteiger partial charge in [0.05, 0.1) is 10.9 Å². The van der Waals surface area contributed by atoms with Crippen LogP contribution in [0.15, 0.2) is 27.6 Å². The Morgan fingerprint density at radius 1 is 1.35 bits per heavy atom. The van der Waals surface area contributed by atoms with Gasteiger partial charge in [-0.15, -0.1) is 0 Å². The Morgan fingerprint density at radius 3 is 2.50 bits per heavy atom. The van der Waals surface area contributed by atoms with Gasteiger partial charge in [-0.1, -0.05) is 13.0 Å². The van der Waals surface area contributed by atoms with Crippen molar-refractivity contribution in [1.82, 2.24) is 4.31 Å². The van der Waals surface area contributed by atoms with E-state index >= 15 is 0 Å². The number of rotatable bonds is 3. The molecule has 0 aromatic heterocycles. The number of piperidine rings is 1. The number of hydrogen-bond donors (Lipinski definition) is 0. The maximum atomic E-state index is 12.6. The molecule has 0 aliphatic carbocycles. The first-order valence-electron chi connectivity index (χ1n) is 6.33. The van der Waals surface area contributed by atoms with Gasteiger partial charge in [-0.3, -0.25) is 0 Å².